The monoisotopic (exact) mass is 405 g/mol. The number of anilines is 2. The van der Waals surface area contributed by atoms with E-state index in [1.165, 1.54) is 10.5 Å². The minimum atomic E-state index is -0.279. The van der Waals surface area contributed by atoms with Gasteiger partial charge in [0.25, 0.3) is 0 Å². The third kappa shape index (κ3) is 4.54. The number of nitrogens with one attached hydrogen (secondary N) is 1. The van der Waals surface area contributed by atoms with Crippen molar-refractivity contribution in [2.45, 2.75) is 19.8 Å². The fourth-order valence-electron chi connectivity index (χ4n) is 2.96. The van der Waals surface area contributed by atoms with E-state index in [4.69, 9.17) is 23.2 Å². The Morgan fingerprint density at radius 2 is 1.78 bits per heavy atom. The highest BCUT2D eigenvalue weighted by atomic mass is 35.5. The summed E-state index contributed by atoms with van der Waals surface area (Å²) in [4.78, 5) is 28.1. The number of nitrogens with zero attached hydrogens (tertiary/aromatic N) is 2. The van der Waals surface area contributed by atoms with Gasteiger partial charge in [0, 0.05) is 24.5 Å². The lowest BCUT2D eigenvalue weighted by molar-refractivity contribution is -0.116. The van der Waals surface area contributed by atoms with Crippen molar-refractivity contribution >= 4 is 46.5 Å². The Morgan fingerprint density at radius 1 is 1.07 bits per heavy atom. The number of halogens is 2. The Kier molecular flexibility index (Phi) is 5.92. The first-order valence-electron chi connectivity index (χ1n) is 8.76. The van der Waals surface area contributed by atoms with E-state index < -0.39 is 0 Å². The highest BCUT2D eigenvalue weighted by Crippen LogP contribution is 2.26. The Labute approximate surface area is 168 Å². The van der Waals surface area contributed by atoms with Crippen molar-refractivity contribution in [2.24, 2.45) is 0 Å². The summed E-state index contributed by atoms with van der Waals surface area (Å²) in [6.45, 7) is 5.30. The molecule has 2 aromatic rings. The molecule has 2 aromatic carbocycles. The summed E-state index contributed by atoms with van der Waals surface area (Å²) in [7, 11) is 0. The van der Waals surface area contributed by atoms with Gasteiger partial charge in [0.1, 0.15) is 6.54 Å². The molecule has 0 saturated carbocycles. The molecule has 1 N–H and O–H groups in total. The second kappa shape index (κ2) is 8.19. The standard InChI is InChI=1S/C20H21Cl2N3O2/c1-13(2)14-3-6-16(7-4-14)25-10-9-24(20(25)27)12-19(26)23-15-5-8-17(21)18(22)11-15/h3-8,11,13H,9-10,12H2,1-2H3,(H,23,26). The van der Waals surface area contributed by atoms with Crippen LogP contribution in [0.5, 0.6) is 0 Å². The van der Waals surface area contributed by atoms with Gasteiger partial charge in [-0.1, -0.05) is 49.2 Å². The first-order chi connectivity index (χ1) is 12.8. The lowest BCUT2D eigenvalue weighted by atomic mass is 10.0. The lowest BCUT2D eigenvalue weighted by Gasteiger charge is -2.19. The molecule has 1 aliphatic rings. The van der Waals surface area contributed by atoms with Gasteiger partial charge >= 0.3 is 6.03 Å². The second-order valence-electron chi connectivity index (χ2n) is 6.78. The highest BCUT2D eigenvalue weighted by molar-refractivity contribution is 6.42. The van der Waals surface area contributed by atoms with Crippen LogP contribution in [0.3, 0.4) is 0 Å². The Hall–Kier alpha value is -2.24. The van der Waals surface area contributed by atoms with Crippen LogP contribution in [-0.4, -0.2) is 36.5 Å². The van der Waals surface area contributed by atoms with Gasteiger partial charge in [-0.3, -0.25) is 9.69 Å². The maximum Gasteiger partial charge on any atom is 0.325 e. The van der Waals surface area contributed by atoms with Gasteiger partial charge in [-0.15, -0.1) is 0 Å². The van der Waals surface area contributed by atoms with E-state index >= 15 is 0 Å². The van der Waals surface area contributed by atoms with Gasteiger partial charge in [-0.05, 0) is 41.8 Å². The molecule has 0 aromatic heterocycles. The molecular formula is C20H21Cl2N3O2. The van der Waals surface area contributed by atoms with Crippen LogP contribution in [0.2, 0.25) is 10.0 Å². The molecule has 7 heteroatoms. The molecule has 0 radical (unpaired) electrons. The Balaban J connectivity index is 1.61. The average Bonchev–Trinajstić information content (AvgIpc) is 2.99. The number of hydrogen-bond donors (Lipinski definition) is 1. The van der Waals surface area contributed by atoms with Crippen molar-refractivity contribution in [1.82, 2.24) is 4.90 Å². The van der Waals surface area contributed by atoms with Crippen LogP contribution < -0.4 is 10.2 Å². The molecule has 5 nitrogen and oxygen atoms in total. The van der Waals surface area contributed by atoms with E-state index in [2.05, 4.69) is 19.2 Å². The fourth-order valence-corrected chi connectivity index (χ4v) is 3.25. The predicted molar refractivity (Wildman–Crippen MR) is 110 cm³/mol. The molecule has 1 fully saturated rings. The molecule has 142 valence electrons. The van der Waals surface area contributed by atoms with Gasteiger partial charge in [0.2, 0.25) is 5.91 Å². The quantitative estimate of drug-likeness (QED) is 0.760. The molecule has 27 heavy (non-hydrogen) atoms. The van der Waals surface area contributed by atoms with E-state index in [1.807, 2.05) is 24.3 Å². The zero-order valence-electron chi connectivity index (χ0n) is 15.2. The van der Waals surface area contributed by atoms with E-state index in [-0.39, 0.29) is 18.5 Å². The maximum absolute atomic E-state index is 12.6. The van der Waals surface area contributed by atoms with Crippen molar-refractivity contribution < 1.29 is 9.59 Å². The van der Waals surface area contributed by atoms with Crippen molar-refractivity contribution in [1.29, 1.82) is 0 Å². The number of rotatable bonds is 5. The predicted octanol–water partition coefficient (Wildman–Crippen LogP) is 5.00. The van der Waals surface area contributed by atoms with Gasteiger partial charge in [0.15, 0.2) is 0 Å². The minimum Gasteiger partial charge on any atom is -0.324 e. The molecule has 1 saturated heterocycles. The first kappa shape index (κ1) is 19.5. The van der Waals surface area contributed by atoms with Gasteiger partial charge in [-0.2, -0.15) is 0 Å². The van der Waals surface area contributed by atoms with Gasteiger partial charge < -0.3 is 10.2 Å². The number of urea groups is 1. The highest BCUT2D eigenvalue weighted by Gasteiger charge is 2.30. The number of amides is 3. The van der Waals surface area contributed by atoms with E-state index in [0.717, 1.165) is 5.69 Å². The first-order valence-corrected chi connectivity index (χ1v) is 9.52. The number of hydrogen-bond acceptors (Lipinski definition) is 2. The molecule has 1 heterocycles. The van der Waals surface area contributed by atoms with Crippen LogP contribution in [0.1, 0.15) is 25.3 Å². The second-order valence-corrected chi connectivity index (χ2v) is 7.59. The van der Waals surface area contributed by atoms with Crippen LogP contribution in [0.4, 0.5) is 16.2 Å². The average molecular weight is 406 g/mol. The molecule has 0 unspecified atom stereocenters. The maximum atomic E-state index is 12.6. The Bertz CT molecular complexity index is 853. The minimum absolute atomic E-state index is 0.0142. The topological polar surface area (TPSA) is 52.6 Å². The van der Waals surface area contributed by atoms with Crippen molar-refractivity contribution in [3.05, 3.63) is 58.1 Å². The third-order valence-corrected chi connectivity index (χ3v) is 5.24. The van der Waals surface area contributed by atoms with Crippen LogP contribution in [0.25, 0.3) is 0 Å². The fraction of sp³-hybridized carbons (Fsp3) is 0.300. The SMILES string of the molecule is CC(C)c1ccc(N2CCN(CC(=O)Nc3ccc(Cl)c(Cl)c3)C2=O)cc1. The summed E-state index contributed by atoms with van der Waals surface area (Å²) in [5.41, 5.74) is 2.61. The molecule has 3 amide bonds. The van der Waals surface area contributed by atoms with E-state index in [1.54, 1.807) is 23.1 Å². The molecule has 0 bridgehead atoms. The number of carbonyl (C=O) groups excluding carboxylic acids is 2. The van der Waals surface area contributed by atoms with E-state index in [0.29, 0.717) is 34.7 Å². The van der Waals surface area contributed by atoms with Crippen LogP contribution >= 0.6 is 23.2 Å². The largest absolute Gasteiger partial charge is 0.325 e. The zero-order chi connectivity index (χ0) is 19.6. The molecule has 0 spiro atoms. The summed E-state index contributed by atoms with van der Waals surface area (Å²) < 4.78 is 0. The normalized spacial score (nSPS) is 14.2. The van der Waals surface area contributed by atoms with Crippen LogP contribution in [0.15, 0.2) is 42.5 Å². The van der Waals surface area contributed by atoms with Crippen molar-refractivity contribution in [3.63, 3.8) is 0 Å². The summed E-state index contributed by atoms with van der Waals surface area (Å²) in [5, 5.41) is 3.52. The summed E-state index contributed by atoms with van der Waals surface area (Å²) >= 11 is 11.8. The zero-order valence-corrected chi connectivity index (χ0v) is 16.7. The smallest absolute Gasteiger partial charge is 0.324 e. The van der Waals surface area contributed by atoms with Gasteiger partial charge in [-0.25, -0.2) is 4.79 Å². The summed E-state index contributed by atoms with van der Waals surface area (Å²) in [6, 6.07) is 12.7. The van der Waals surface area contributed by atoms with E-state index in [9.17, 15) is 9.59 Å². The summed E-state index contributed by atoms with van der Waals surface area (Å²) in [6.07, 6.45) is 0. The molecule has 0 aliphatic carbocycles. The third-order valence-electron chi connectivity index (χ3n) is 4.50. The molecular weight excluding hydrogens is 385 g/mol. The number of benzene rings is 2. The molecule has 3 rings (SSSR count). The molecule has 0 atom stereocenters. The molecule has 1 aliphatic heterocycles. The Morgan fingerprint density at radius 3 is 2.41 bits per heavy atom. The van der Waals surface area contributed by atoms with Crippen LogP contribution in [0, 0.1) is 0 Å². The number of carbonyl (C=O) groups is 2. The van der Waals surface area contributed by atoms with Gasteiger partial charge in [0.05, 0.1) is 10.0 Å². The van der Waals surface area contributed by atoms with Crippen LogP contribution in [-0.2, 0) is 4.79 Å². The summed E-state index contributed by atoms with van der Waals surface area (Å²) in [5.74, 6) is 0.161. The van der Waals surface area contributed by atoms with Crippen molar-refractivity contribution in [2.75, 3.05) is 29.9 Å². The lowest BCUT2D eigenvalue weighted by Crippen LogP contribution is -2.37. The van der Waals surface area contributed by atoms with Crippen molar-refractivity contribution in [3.8, 4) is 0 Å².